The van der Waals surface area contributed by atoms with Gasteiger partial charge < -0.3 is 15.8 Å². The Bertz CT molecular complexity index is 512. The van der Waals surface area contributed by atoms with Crippen LogP contribution in [0.25, 0.3) is 0 Å². The number of morpholine rings is 1. The van der Waals surface area contributed by atoms with Crippen LogP contribution >= 0.6 is 11.3 Å². The van der Waals surface area contributed by atoms with E-state index in [0.717, 1.165) is 44.1 Å². The number of hydrogen-bond donors (Lipinski definition) is 2. The van der Waals surface area contributed by atoms with E-state index < -0.39 is 0 Å². The Labute approximate surface area is 129 Å². The molecule has 1 saturated heterocycles. The van der Waals surface area contributed by atoms with Crippen molar-refractivity contribution >= 4 is 17.2 Å². The van der Waals surface area contributed by atoms with Crippen LogP contribution < -0.4 is 11.1 Å². The average molecular weight is 307 g/mol. The number of ether oxygens (including phenoxy) is 1. The standard InChI is InChI=1S/C15H21N3O2S/c16-6-1-3-13-4-5-14(21-13)15(19)17-7-2-8-18-9-11-20-12-10-18/h4-5H,2,6-12,16H2,(H,17,19). The maximum Gasteiger partial charge on any atom is 0.261 e. The molecule has 1 aliphatic rings. The van der Waals surface area contributed by atoms with E-state index in [1.165, 1.54) is 11.3 Å². The molecule has 5 nitrogen and oxygen atoms in total. The third-order valence-electron chi connectivity index (χ3n) is 3.18. The van der Waals surface area contributed by atoms with Gasteiger partial charge >= 0.3 is 0 Å². The van der Waals surface area contributed by atoms with Crippen molar-refractivity contribution in [3.63, 3.8) is 0 Å². The zero-order chi connectivity index (χ0) is 14.9. The second kappa shape index (κ2) is 8.80. The molecule has 6 heteroatoms. The Kier molecular flexibility index (Phi) is 6.70. The van der Waals surface area contributed by atoms with Gasteiger partial charge in [0, 0.05) is 19.6 Å². The molecule has 2 heterocycles. The van der Waals surface area contributed by atoms with Crippen molar-refractivity contribution in [3.8, 4) is 11.8 Å². The summed E-state index contributed by atoms with van der Waals surface area (Å²) in [7, 11) is 0. The summed E-state index contributed by atoms with van der Waals surface area (Å²) in [5, 5.41) is 2.95. The van der Waals surface area contributed by atoms with Gasteiger partial charge in [0.15, 0.2) is 0 Å². The summed E-state index contributed by atoms with van der Waals surface area (Å²) in [4.78, 5) is 15.9. The number of nitrogens with zero attached hydrogens (tertiary/aromatic N) is 1. The molecule has 0 radical (unpaired) electrons. The highest BCUT2D eigenvalue weighted by molar-refractivity contribution is 7.14. The zero-order valence-electron chi connectivity index (χ0n) is 12.1. The lowest BCUT2D eigenvalue weighted by Gasteiger charge is -2.26. The molecule has 0 bridgehead atoms. The molecule has 0 aromatic carbocycles. The molecule has 1 aromatic rings. The number of nitrogens with two attached hydrogens (primary N) is 1. The molecule has 0 unspecified atom stereocenters. The van der Waals surface area contributed by atoms with E-state index in [2.05, 4.69) is 22.1 Å². The number of thiophene rings is 1. The maximum atomic E-state index is 12.0. The normalized spacial score (nSPS) is 15.3. The summed E-state index contributed by atoms with van der Waals surface area (Å²) in [6.45, 7) is 5.63. The lowest BCUT2D eigenvalue weighted by atomic mass is 10.3. The maximum absolute atomic E-state index is 12.0. The first-order chi connectivity index (χ1) is 10.3. The van der Waals surface area contributed by atoms with E-state index in [9.17, 15) is 4.79 Å². The van der Waals surface area contributed by atoms with Gasteiger partial charge in [0.25, 0.3) is 5.91 Å². The molecule has 114 valence electrons. The van der Waals surface area contributed by atoms with Crippen molar-refractivity contribution in [2.45, 2.75) is 6.42 Å². The highest BCUT2D eigenvalue weighted by Crippen LogP contribution is 2.15. The van der Waals surface area contributed by atoms with Crippen molar-refractivity contribution in [1.29, 1.82) is 0 Å². The third-order valence-corrected chi connectivity index (χ3v) is 4.18. The van der Waals surface area contributed by atoms with Crippen LogP contribution in [-0.4, -0.2) is 56.7 Å². The van der Waals surface area contributed by atoms with E-state index in [0.29, 0.717) is 18.0 Å². The Morgan fingerprint density at radius 2 is 2.24 bits per heavy atom. The average Bonchev–Trinajstić information content (AvgIpc) is 2.99. The minimum Gasteiger partial charge on any atom is -0.379 e. The number of hydrogen-bond acceptors (Lipinski definition) is 5. The van der Waals surface area contributed by atoms with Crippen LogP contribution in [0.5, 0.6) is 0 Å². The fraction of sp³-hybridized carbons (Fsp3) is 0.533. The van der Waals surface area contributed by atoms with Crippen molar-refractivity contribution in [3.05, 3.63) is 21.9 Å². The van der Waals surface area contributed by atoms with E-state index in [1.54, 1.807) is 0 Å². The molecule has 1 fully saturated rings. The molecular formula is C15H21N3O2S. The molecule has 21 heavy (non-hydrogen) atoms. The molecule has 1 aliphatic heterocycles. The Morgan fingerprint density at radius 1 is 1.43 bits per heavy atom. The largest absolute Gasteiger partial charge is 0.379 e. The van der Waals surface area contributed by atoms with E-state index in [1.807, 2.05) is 12.1 Å². The van der Waals surface area contributed by atoms with Gasteiger partial charge in [-0.15, -0.1) is 11.3 Å². The monoisotopic (exact) mass is 307 g/mol. The molecule has 3 N–H and O–H groups in total. The fourth-order valence-electron chi connectivity index (χ4n) is 2.08. The van der Waals surface area contributed by atoms with Gasteiger partial charge in [-0.05, 0) is 25.1 Å². The van der Waals surface area contributed by atoms with Crippen LogP contribution in [0.1, 0.15) is 21.0 Å². The van der Waals surface area contributed by atoms with Gasteiger partial charge in [-0.25, -0.2) is 0 Å². The predicted octanol–water partition coefficient (Wildman–Crippen LogP) is 0.510. The summed E-state index contributed by atoms with van der Waals surface area (Å²) in [6.07, 6.45) is 0.955. The topological polar surface area (TPSA) is 67.6 Å². The third kappa shape index (κ3) is 5.48. The zero-order valence-corrected chi connectivity index (χ0v) is 12.9. The Balaban J connectivity index is 1.68. The highest BCUT2D eigenvalue weighted by Gasteiger charge is 2.11. The number of carbonyl (C=O) groups excluding carboxylic acids is 1. The van der Waals surface area contributed by atoms with Crippen LogP contribution in [0.4, 0.5) is 0 Å². The molecule has 1 amide bonds. The van der Waals surface area contributed by atoms with Crippen LogP contribution in [0, 0.1) is 11.8 Å². The molecule has 0 atom stereocenters. The van der Waals surface area contributed by atoms with Gasteiger partial charge in [-0.2, -0.15) is 0 Å². The summed E-state index contributed by atoms with van der Waals surface area (Å²) in [6, 6.07) is 3.67. The molecule has 2 rings (SSSR count). The second-order valence-electron chi connectivity index (χ2n) is 4.73. The van der Waals surface area contributed by atoms with Crippen molar-refractivity contribution in [2.24, 2.45) is 5.73 Å². The fourth-order valence-corrected chi connectivity index (χ4v) is 2.88. The minimum atomic E-state index is -0.0252. The lowest BCUT2D eigenvalue weighted by Crippen LogP contribution is -2.38. The molecule has 0 spiro atoms. The van der Waals surface area contributed by atoms with Crippen molar-refractivity contribution in [1.82, 2.24) is 10.2 Å². The quantitative estimate of drug-likeness (QED) is 0.614. The van der Waals surface area contributed by atoms with Crippen LogP contribution in [0.2, 0.25) is 0 Å². The first-order valence-electron chi connectivity index (χ1n) is 7.16. The molecular weight excluding hydrogens is 286 g/mol. The van der Waals surface area contributed by atoms with Crippen molar-refractivity contribution in [2.75, 3.05) is 45.9 Å². The van der Waals surface area contributed by atoms with Gasteiger partial charge in [0.05, 0.1) is 29.5 Å². The minimum absolute atomic E-state index is 0.0252. The summed E-state index contributed by atoms with van der Waals surface area (Å²) < 4.78 is 5.30. The van der Waals surface area contributed by atoms with Crippen molar-refractivity contribution < 1.29 is 9.53 Å². The first-order valence-corrected chi connectivity index (χ1v) is 7.98. The van der Waals surface area contributed by atoms with Gasteiger partial charge in [-0.1, -0.05) is 11.8 Å². The van der Waals surface area contributed by atoms with Gasteiger partial charge in [-0.3, -0.25) is 9.69 Å². The number of carbonyl (C=O) groups is 1. The van der Waals surface area contributed by atoms with Crippen LogP contribution in [0.3, 0.4) is 0 Å². The van der Waals surface area contributed by atoms with E-state index in [-0.39, 0.29) is 5.91 Å². The Hall–Kier alpha value is -1.39. The molecule has 0 saturated carbocycles. The lowest BCUT2D eigenvalue weighted by molar-refractivity contribution is 0.0374. The summed E-state index contributed by atoms with van der Waals surface area (Å²) >= 11 is 1.40. The van der Waals surface area contributed by atoms with Gasteiger partial charge in [0.1, 0.15) is 0 Å². The van der Waals surface area contributed by atoms with Gasteiger partial charge in [0.2, 0.25) is 0 Å². The predicted molar refractivity (Wildman–Crippen MR) is 84.5 cm³/mol. The number of rotatable bonds is 5. The van der Waals surface area contributed by atoms with E-state index in [4.69, 9.17) is 10.5 Å². The number of nitrogens with one attached hydrogen (secondary N) is 1. The molecule has 0 aliphatic carbocycles. The SMILES string of the molecule is NCC#Cc1ccc(C(=O)NCCCN2CCOCC2)s1. The second-order valence-corrected chi connectivity index (χ2v) is 5.82. The summed E-state index contributed by atoms with van der Waals surface area (Å²) in [5.41, 5.74) is 5.33. The smallest absolute Gasteiger partial charge is 0.261 e. The number of amides is 1. The van der Waals surface area contributed by atoms with Crippen LogP contribution in [-0.2, 0) is 4.74 Å². The molecule has 1 aromatic heterocycles. The summed E-state index contributed by atoms with van der Waals surface area (Å²) in [5.74, 6) is 5.70. The first kappa shape index (κ1) is 16.0. The van der Waals surface area contributed by atoms with Crippen LogP contribution in [0.15, 0.2) is 12.1 Å². The Morgan fingerprint density at radius 3 is 3.00 bits per heavy atom. The highest BCUT2D eigenvalue weighted by atomic mass is 32.1. The van der Waals surface area contributed by atoms with E-state index >= 15 is 0 Å².